The van der Waals surface area contributed by atoms with Gasteiger partial charge in [-0.15, -0.1) is 0 Å². The average Bonchev–Trinajstić information content (AvgIpc) is 2.87. The summed E-state index contributed by atoms with van der Waals surface area (Å²) in [6.45, 7) is 5.82. The second-order valence-electron chi connectivity index (χ2n) is 4.89. The Labute approximate surface area is 97.6 Å². The van der Waals surface area contributed by atoms with Crippen LogP contribution >= 0.6 is 0 Å². The molecule has 0 N–H and O–H groups in total. The summed E-state index contributed by atoms with van der Waals surface area (Å²) in [5, 5.41) is 0. The zero-order valence-corrected chi connectivity index (χ0v) is 10.1. The van der Waals surface area contributed by atoms with E-state index in [0.29, 0.717) is 6.10 Å². The van der Waals surface area contributed by atoms with E-state index in [1.807, 2.05) is 18.2 Å². The van der Waals surface area contributed by atoms with Crippen LogP contribution in [0.3, 0.4) is 0 Å². The summed E-state index contributed by atoms with van der Waals surface area (Å²) in [7, 11) is 0. The van der Waals surface area contributed by atoms with Crippen molar-refractivity contribution in [2.75, 3.05) is 6.61 Å². The molecule has 0 bridgehead atoms. The van der Waals surface area contributed by atoms with Crippen molar-refractivity contribution in [3.05, 3.63) is 35.9 Å². The van der Waals surface area contributed by atoms with Crippen molar-refractivity contribution in [1.29, 1.82) is 0 Å². The minimum Gasteiger partial charge on any atom is -0.377 e. The van der Waals surface area contributed by atoms with E-state index in [1.165, 1.54) is 5.56 Å². The van der Waals surface area contributed by atoms with Gasteiger partial charge in [-0.2, -0.15) is 0 Å². The molecule has 0 aliphatic carbocycles. The average molecular weight is 220 g/mol. The van der Waals surface area contributed by atoms with Crippen molar-refractivity contribution < 1.29 is 9.47 Å². The van der Waals surface area contributed by atoms with Crippen LogP contribution in [0.2, 0.25) is 0 Å². The van der Waals surface area contributed by atoms with Crippen molar-refractivity contribution in [3.8, 4) is 0 Å². The maximum atomic E-state index is 5.61. The van der Waals surface area contributed by atoms with Gasteiger partial charge < -0.3 is 9.47 Å². The molecule has 0 radical (unpaired) electrons. The number of ether oxygens (including phenoxy) is 2. The minimum atomic E-state index is 0.124. The molecule has 1 aromatic rings. The van der Waals surface area contributed by atoms with Crippen molar-refractivity contribution in [3.63, 3.8) is 0 Å². The van der Waals surface area contributed by atoms with Crippen LogP contribution in [0.1, 0.15) is 32.3 Å². The molecule has 2 rings (SSSR count). The monoisotopic (exact) mass is 220 g/mol. The van der Waals surface area contributed by atoms with Crippen molar-refractivity contribution in [2.45, 2.75) is 45.0 Å². The lowest BCUT2D eigenvalue weighted by atomic mass is 10.1. The Bertz CT molecular complexity index is 319. The van der Waals surface area contributed by atoms with E-state index in [1.54, 1.807) is 0 Å². The second kappa shape index (κ2) is 4.98. The molecule has 1 saturated heterocycles. The summed E-state index contributed by atoms with van der Waals surface area (Å²) in [4.78, 5) is 0. The number of benzene rings is 1. The first kappa shape index (κ1) is 11.6. The van der Waals surface area contributed by atoms with Gasteiger partial charge in [-0.3, -0.25) is 0 Å². The van der Waals surface area contributed by atoms with Gasteiger partial charge in [0.2, 0.25) is 0 Å². The summed E-state index contributed by atoms with van der Waals surface area (Å²) in [6, 6.07) is 10.3. The topological polar surface area (TPSA) is 21.8 Å². The fourth-order valence-electron chi connectivity index (χ4n) is 1.87. The van der Waals surface area contributed by atoms with E-state index in [-0.39, 0.29) is 5.60 Å². The Morgan fingerprint density at radius 1 is 1.25 bits per heavy atom. The molecule has 1 atom stereocenters. The maximum Gasteiger partial charge on any atom is 0.0892 e. The number of hydrogen-bond donors (Lipinski definition) is 0. The van der Waals surface area contributed by atoms with Gasteiger partial charge >= 0.3 is 0 Å². The van der Waals surface area contributed by atoms with Gasteiger partial charge in [0.25, 0.3) is 0 Å². The standard InChI is InChI=1S/C14H20O2/c1-14(2)13(16-14)9-6-10-15-11-12-7-4-3-5-8-12/h3-5,7-8,13H,6,9-11H2,1-2H3. The molecule has 1 aliphatic heterocycles. The normalized spacial score (nSPS) is 22.0. The predicted octanol–water partition coefficient (Wildman–Crippen LogP) is 3.16. The highest BCUT2D eigenvalue weighted by Gasteiger charge is 2.46. The fraction of sp³-hybridized carbons (Fsp3) is 0.571. The Balaban J connectivity index is 1.53. The van der Waals surface area contributed by atoms with E-state index in [2.05, 4.69) is 26.0 Å². The van der Waals surface area contributed by atoms with E-state index in [9.17, 15) is 0 Å². The molecule has 2 nitrogen and oxygen atoms in total. The molecular weight excluding hydrogens is 200 g/mol. The summed E-state index contributed by atoms with van der Waals surface area (Å²) >= 11 is 0. The number of rotatable bonds is 6. The molecule has 2 heteroatoms. The van der Waals surface area contributed by atoms with E-state index < -0.39 is 0 Å². The summed E-state index contributed by atoms with van der Waals surface area (Å²) in [5.41, 5.74) is 1.37. The molecule has 0 amide bonds. The van der Waals surface area contributed by atoms with Crippen LogP contribution < -0.4 is 0 Å². The van der Waals surface area contributed by atoms with E-state index in [0.717, 1.165) is 26.1 Å². The van der Waals surface area contributed by atoms with Crippen LogP contribution in [0.15, 0.2) is 30.3 Å². The molecule has 1 fully saturated rings. The van der Waals surface area contributed by atoms with E-state index >= 15 is 0 Å². The third-order valence-electron chi connectivity index (χ3n) is 3.03. The highest BCUT2D eigenvalue weighted by atomic mass is 16.6. The fourth-order valence-corrected chi connectivity index (χ4v) is 1.87. The van der Waals surface area contributed by atoms with Crippen molar-refractivity contribution in [1.82, 2.24) is 0 Å². The van der Waals surface area contributed by atoms with Gasteiger partial charge in [-0.05, 0) is 32.3 Å². The lowest BCUT2D eigenvalue weighted by Crippen LogP contribution is -2.04. The molecule has 1 unspecified atom stereocenters. The minimum absolute atomic E-state index is 0.124. The zero-order valence-electron chi connectivity index (χ0n) is 10.1. The quantitative estimate of drug-likeness (QED) is 0.542. The number of epoxide rings is 1. The highest BCUT2D eigenvalue weighted by Crippen LogP contribution is 2.38. The molecule has 1 aromatic carbocycles. The van der Waals surface area contributed by atoms with Gasteiger partial charge in [0.05, 0.1) is 18.3 Å². The third-order valence-corrected chi connectivity index (χ3v) is 3.03. The molecule has 16 heavy (non-hydrogen) atoms. The van der Waals surface area contributed by atoms with Crippen LogP contribution in [0.5, 0.6) is 0 Å². The Morgan fingerprint density at radius 3 is 2.56 bits per heavy atom. The molecule has 1 aliphatic rings. The van der Waals surface area contributed by atoms with E-state index in [4.69, 9.17) is 9.47 Å². The van der Waals surface area contributed by atoms with Gasteiger partial charge in [0, 0.05) is 6.61 Å². The van der Waals surface area contributed by atoms with Crippen LogP contribution in [0, 0.1) is 0 Å². The third kappa shape index (κ3) is 3.32. The predicted molar refractivity (Wildman–Crippen MR) is 64.3 cm³/mol. The molecule has 88 valence electrons. The van der Waals surface area contributed by atoms with Gasteiger partial charge in [0.15, 0.2) is 0 Å². The maximum absolute atomic E-state index is 5.61. The van der Waals surface area contributed by atoms with Gasteiger partial charge in [-0.25, -0.2) is 0 Å². The summed E-state index contributed by atoms with van der Waals surface area (Å²) < 4.78 is 11.1. The smallest absolute Gasteiger partial charge is 0.0892 e. The van der Waals surface area contributed by atoms with Crippen LogP contribution in [0.4, 0.5) is 0 Å². The van der Waals surface area contributed by atoms with Crippen molar-refractivity contribution >= 4 is 0 Å². The lowest BCUT2D eigenvalue weighted by molar-refractivity contribution is 0.115. The first-order valence-corrected chi connectivity index (χ1v) is 5.98. The number of hydrogen-bond acceptors (Lipinski definition) is 2. The van der Waals surface area contributed by atoms with Crippen LogP contribution in [-0.2, 0) is 16.1 Å². The van der Waals surface area contributed by atoms with Crippen LogP contribution in [0.25, 0.3) is 0 Å². The Kier molecular flexibility index (Phi) is 3.62. The Morgan fingerprint density at radius 2 is 1.94 bits per heavy atom. The largest absolute Gasteiger partial charge is 0.377 e. The zero-order chi connectivity index (χ0) is 11.4. The molecule has 0 aromatic heterocycles. The summed E-state index contributed by atoms with van der Waals surface area (Å²) in [6.07, 6.45) is 2.65. The lowest BCUT2D eigenvalue weighted by Gasteiger charge is -2.03. The Hall–Kier alpha value is -0.860. The second-order valence-corrected chi connectivity index (χ2v) is 4.89. The molecule has 0 spiro atoms. The molecule has 1 heterocycles. The molecule has 0 saturated carbocycles. The highest BCUT2D eigenvalue weighted by molar-refractivity contribution is 5.13. The van der Waals surface area contributed by atoms with Gasteiger partial charge in [-0.1, -0.05) is 30.3 Å². The first-order chi connectivity index (χ1) is 7.68. The summed E-state index contributed by atoms with van der Waals surface area (Å²) in [5.74, 6) is 0. The van der Waals surface area contributed by atoms with Gasteiger partial charge in [0.1, 0.15) is 0 Å². The van der Waals surface area contributed by atoms with Crippen molar-refractivity contribution in [2.24, 2.45) is 0 Å². The van der Waals surface area contributed by atoms with Crippen LogP contribution in [-0.4, -0.2) is 18.3 Å². The SMILES string of the molecule is CC1(C)OC1CCCOCc1ccccc1. The molecular formula is C14H20O2. The first-order valence-electron chi connectivity index (χ1n) is 5.98.